The predicted molar refractivity (Wildman–Crippen MR) is 101 cm³/mol. The van der Waals surface area contributed by atoms with Crippen LogP contribution in [0.1, 0.15) is 35.8 Å². The van der Waals surface area contributed by atoms with Gasteiger partial charge in [0.05, 0.1) is 0 Å². The number of hydrogen-bond acceptors (Lipinski definition) is 5. The number of pyridine rings is 1. The number of anilines is 1. The van der Waals surface area contributed by atoms with Gasteiger partial charge >= 0.3 is 6.18 Å². The summed E-state index contributed by atoms with van der Waals surface area (Å²) in [4.78, 5) is 27.9. The molecule has 0 spiro atoms. The van der Waals surface area contributed by atoms with E-state index in [0.717, 1.165) is 31.2 Å². The highest BCUT2D eigenvalue weighted by Gasteiger charge is 2.65. The van der Waals surface area contributed by atoms with Crippen LogP contribution in [0, 0.1) is 11.7 Å². The SMILES string of the molecule is CC1C(c2ccc(F)cc2O)C(C(=O)Nc2ccnc(C(N)=O)c2)OC1(C)C(F)(F)F. The van der Waals surface area contributed by atoms with Crippen molar-refractivity contribution < 1.29 is 37.0 Å². The van der Waals surface area contributed by atoms with E-state index in [-0.39, 0.29) is 16.9 Å². The molecule has 4 atom stereocenters. The van der Waals surface area contributed by atoms with E-state index in [1.807, 2.05) is 0 Å². The Morgan fingerprint density at radius 1 is 1.26 bits per heavy atom. The largest absolute Gasteiger partial charge is 0.508 e. The van der Waals surface area contributed by atoms with Crippen molar-refractivity contribution in [2.45, 2.75) is 37.6 Å². The summed E-state index contributed by atoms with van der Waals surface area (Å²) in [7, 11) is 0. The average molecular weight is 441 g/mol. The molecular formula is C20H19F4N3O4. The second kappa shape index (κ2) is 7.80. The Bertz CT molecular complexity index is 1030. The number of nitrogens with one attached hydrogen (secondary N) is 1. The quantitative estimate of drug-likeness (QED) is 0.631. The van der Waals surface area contributed by atoms with Crippen molar-refractivity contribution in [3.8, 4) is 5.75 Å². The highest BCUT2D eigenvalue weighted by molar-refractivity contribution is 5.97. The minimum atomic E-state index is -4.83. The number of phenols is 1. The second-order valence-electron chi connectivity index (χ2n) is 7.44. The monoisotopic (exact) mass is 441 g/mol. The van der Waals surface area contributed by atoms with Crippen molar-refractivity contribution in [2.75, 3.05) is 5.32 Å². The van der Waals surface area contributed by atoms with E-state index < -0.39 is 53.1 Å². The summed E-state index contributed by atoms with van der Waals surface area (Å²) in [5, 5.41) is 12.5. The lowest BCUT2D eigenvalue weighted by atomic mass is 9.77. The summed E-state index contributed by atoms with van der Waals surface area (Å²) in [6.07, 6.45) is -5.31. The normalized spacial score (nSPS) is 25.9. The van der Waals surface area contributed by atoms with Crippen molar-refractivity contribution in [1.29, 1.82) is 0 Å². The molecule has 1 aliphatic rings. The fraction of sp³-hybridized carbons (Fsp3) is 0.350. The molecule has 1 aromatic carbocycles. The average Bonchev–Trinajstić information content (AvgIpc) is 2.94. The van der Waals surface area contributed by atoms with Crippen LogP contribution in [0.3, 0.4) is 0 Å². The lowest BCUT2D eigenvalue weighted by Crippen LogP contribution is -2.47. The molecule has 1 aliphatic heterocycles. The van der Waals surface area contributed by atoms with Gasteiger partial charge in [0.1, 0.15) is 23.4 Å². The molecule has 2 aromatic rings. The number of benzene rings is 1. The Labute approximate surface area is 174 Å². The third-order valence-electron chi connectivity index (χ3n) is 5.56. The van der Waals surface area contributed by atoms with Gasteiger partial charge in [-0.3, -0.25) is 14.6 Å². The van der Waals surface area contributed by atoms with E-state index in [1.165, 1.54) is 19.2 Å². The van der Waals surface area contributed by atoms with Gasteiger partial charge < -0.3 is 20.9 Å². The number of ether oxygens (including phenoxy) is 1. The smallest absolute Gasteiger partial charge is 0.417 e. The topological polar surface area (TPSA) is 115 Å². The highest BCUT2D eigenvalue weighted by atomic mass is 19.4. The van der Waals surface area contributed by atoms with Crippen molar-refractivity contribution >= 4 is 17.5 Å². The zero-order chi connectivity index (χ0) is 23.1. The van der Waals surface area contributed by atoms with Crippen LogP contribution < -0.4 is 11.1 Å². The molecule has 4 unspecified atom stereocenters. The molecule has 2 heterocycles. The molecule has 3 rings (SSSR count). The number of hydrogen-bond donors (Lipinski definition) is 3. The predicted octanol–water partition coefficient (Wildman–Crippen LogP) is 3.10. The maximum absolute atomic E-state index is 13.8. The minimum absolute atomic E-state index is 0.0606. The first-order chi connectivity index (χ1) is 14.3. The van der Waals surface area contributed by atoms with Crippen molar-refractivity contribution in [1.82, 2.24) is 4.98 Å². The first-order valence-electron chi connectivity index (χ1n) is 9.15. The zero-order valence-electron chi connectivity index (χ0n) is 16.4. The molecular weight excluding hydrogens is 422 g/mol. The van der Waals surface area contributed by atoms with Gasteiger partial charge in [-0.05, 0) is 25.1 Å². The van der Waals surface area contributed by atoms with Gasteiger partial charge in [-0.25, -0.2) is 4.39 Å². The van der Waals surface area contributed by atoms with Crippen molar-refractivity contribution in [2.24, 2.45) is 11.7 Å². The Balaban J connectivity index is 2.01. The van der Waals surface area contributed by atoms with E-state index in [0.29, 0.717) is 0 Å². The van der Waals surface area contributed by atoms with Crippen LogP contribution in [0.5, 0.6) is 5.75 Å². The number of halogens is 4. The van der Waals surface area contributed by atoms with Crippen LogP contribution in [0.15, 0.2) is 36.5 Å². The molecule has 1 fully saturated rings. The number of carbonyl (C=O) groups excluding carboxylic acids is 2. The summed E-state index contributed by atoms with van der Waals surface area (Å²) < 4.78 is 60.1. The summed E-state index contributed by atoms with van der Waals surface area (Å²) in [6, 6.07) is 5.32. The number of rotatable bonds is 4. The van der Waals surface area contributed by atoms with Gasteiger partial charge in [0.15, 0.2) is 5.60 Å². The number of carbonyl (C=O) groups is 2. The lowest BCUT2D eigenvalue weighted by molar-refractivity contribution is -0.272. The molecule has 1 aromatic heterocycles. The van der Waals surface area contributed by atoms with Crippen LogP contribution in [0.4, 0.5) is 23.2 Å². The summed E-state index contributed by atoms with van der Waals surface area (Å²) >= 11 is 0. The van der Waals surface area contributed by atoms with Crippen LogP contribution in [-0.4, -0.2) is 39.8 Å². The van der Waals surface area contributed by atoms with E-state index >= 15 is 0 Å². The maximum atomic E-state index is 13.8. The molecule has 0 radical (unpaired) electrons. The van der Waals surface area contributed by atoms with E-state index in [2.05, 4.69) is 10.3 Å². The molecule has 0 saturated carbocycles. The van der Waals surface area contributed by atoms with Crippen LogP contribution in [0.25, 0.3) is 0 Å². The summed E-state index contributed by atoms with van der Waals surface area (Å²) in [6.45, 7) is 2.06. The van der Waals surface area contributed by atoms with Crippen molar-refractivity contribution in [3.63, 3.8) is 0 Å². The minimum Gasteiger partial charge on any atom is -0.508 e. The standard InChI is InChI=1S/C20H19F4N3O4/c1-9-15(12-4-3-10(21)7-14(12)28)16(31-19(9,2)20(22,23)24)18(30)27-11-5-6-26-13(8-11)17(25)29/h3-9,15-16,28H,1-2H3,(H2,25,29)(H,26,27,30). The molecule has 166 valence electrons. The van der Waals surface area contributed by atoms with Gasteiger partial charge in [0.2, 0.25) is 0 Å². The molecule has 1 saturated heterocycles. The number of amides is 2. The fourth-order valence-corrected chi connectivity index (χ4v) is 3.68. The Morgan fingerprint density at radius 3 is 2.52 bits per heavy atom. The van der Waals surface area contributed by atoms with Gasteiger partial charge in [-0.15, -0.1) is 0 Å². The van der Waals surface area contributed by atoms with Crippen LogP contribution in [0.2, 0.25) is 0 Å². The number of alkyl halides is 3. The Morgan fingerprint density at radius 2 is 1.94 bits per heavy atom. The maximum Gasteiger partial charge on any atom is 0.417 e. The first-order valence-corrected chi connectivity index (χ1v) is 9.15. The number of nitrogens with zero attached hydrogens (tertiary/aromatic N) is 1. The lowest BCUT2D eigenvalue weighted by Gasteiger charge is -2.31. The highest BCUT2D eigenvalue weighted by Crippen LogP contribution is 2.54. The Kier molecular flexibility index (Phi) is 5.66. The van der Waals surface area contributed by atoms with Gasteiger partial charge in [0, 0.05) is 35.3 Å². The third kappa shape index (κ3) is 4.05. The molecule has 4 N–H and O–H groups in total. The van der Waals surface area contributed by atoms with Gasteiger partial charge in [-0.2, -0.15) is 13.2 Å². The summed E-state index contributed by atoms with van der Waals surface area (Å²) in [5.41, 5.74) is 2.27. The number of nitrogens with two attached hydrogens (primary N) is 1. The van der Waals surface area contributed by atoms with E-state index in [9.17, 15) is 32.3 Å². The van der Waals surface area contributed by atoms with E-state index in [4.69, 9.17) is 10.5 Å². The molecule has 7 nitrogen and oxygen atoms in total. The summed E-state index contributed by atoms with van der Waals surface area (Å²) in [5.74, 6) is -5.74. The zero-order valence-corrected chi connectivity index (χ0v) is 16.4. The first kappa shape index (κ1) is 22.5. The van der Waals surface area contributed by atoms with E-state index in [1.54, 1.807) is 0 Å². The molecule has 31 heavy (non-hydrogen) atoms. The molecule has 0 bridgehead atoms. The molecule has 11 heteroatoms. The van der Waals surface area contributed by atoms with Crippen LogP contribution >= 0.6 is 0 Å². The number of aromatic hydroxyl groups is 1. The number of primary amides is 1. The van der Waals surface area contributed by atoms with Gasteiger partial charge in [0.25, 0.3) is 11.8 Å². The molecule has 0 aliphatic carbocycles. The fourth-order valence-electron chi connectivity index (χ4n) is 3.68. The number of phenolic OH excluding ortho intramolecular Hbond substituents is 1. The number of aromatic nitrogens is 1. The Hall–Kier alpha value is -3.21. The van der Waals surface area contributed by atoms with Crippen molar-refractivity contribution in [3.05, 3.63) is 53.6 Å². The van der Waals surface area contributed by atoms with Gasteiger partial charge in [-0.1, -0.05) is 13.0 Å². The van der Waals surface area contributed by atoms with Crippen LogP contribution in [-0.2, 0) is 9.53 Å². The molecule has 2 amide bonds. The second-order valence-corrected chi connectivity index (χ2v) is 7.44. The third-order valence-corrected chi connectivity index (χ3v) is 5.56.